The minimum atomic E-state index is -3.10. The second-order valence-electron chi connectivity index (χ2n) is 25.4. The standard InChI is InChI=1S/C90H64BN3SSi2/c1-9-30-65(31-10-1)67-34-29-35-70(60-67)93-85-61-68(66-32-11-2-12-33-66)52-58-80(85)91-81-64-79(97(75-42-19-6-20-43-75,76-44-21-7-22-45-76)77-46-23-8-24-47-77)57-59-82(81)92(86-62-71(63-87(93)90(86)91)94-83-48-25-27-50-88(83)95-89-51-28-26-49-84(89)94)69-53-55-78(56-54-69)96(72-36-13-3-14-37-72,73-38-15-4-16-39-73)74-40-17-5-18-41-74/h1-64H. The topological polar surface area (TPSA) is 9.72 Å². The second-order valence-corrected chi connectivity index (χ2v) is 34.1. The van der Waals surface area contributed by atoms with Gasteiger partial charge in [0.15, 0.2) is 16.1 Å². The van der Waals surface area contributed by atoms with Crippen LogP contribution in [0.15, 0.2) is 398 Å². The number of benzene rings is 15. The van der Waals surface area contributed by atoms with E-state index in [0.29, 0.717) is 0 Å². The van der Waals surface area contributed by atoms with Gasteiger partial charge in [0, 0.05) is 43.9 Å². The van der Waals surface area contributed by atoms with Crippen molar-refractivity contribution in [2.24, 2.45) is 0 Å². The third kappa shape index (κ3) is 9.63. The lowest BCUT2D eigenvalue weighted by molar-refractivity contribution is 1.16. The first-order valence-electron chi connectivity index (χ1n) is 33.5. The summed E-state index contributed by atoms with van der Waals surface area (Å²) >= 11 is 1.85. The molecule has 0 spiro atoms. The molecular weight excluding hydrogens is 1220 g/mol. The highest BCUT2D eigenvalue weighted by molar-refractivity contribution is 7.99. The lowest BCUT2D eigenvalue weighted by atomic mass is 9.33. The summed E-state index contributed by atoms with van der Waals surface area (Å²) in [5, 5.41) is 10.7. The highest BCUT2D eigenvalue weighted by Crippen LogP contribution is 2.54. The Labute approximate surface area is 574 Å². The molecule has 0 unspecified atom stereocenters. The second kappa shape index (κ2) is 24.4. The number of hydrogen-bond donors (Lipinski definition) is 0. The van der Waals surface area contributed by atoms with Gasteiger partial charge in [-0.2, -0.15) is 0 Å². The molecule has 0 aliphatic carbocycles. The van der Waals surface area contributed by atoms with Crippen LogP contribution in [0.4, 0.5) is 51.2 Å². The van der Waals surface area contributed by atoms with Crippen LogP contribution < -0.4 is 72.6 Å². The van der Waals surface area contributed by atoms with Crippen LogP contribution >= 0.6 is 11.8 Å². The van der Waals surface area contributed by atoms with E-state index in [1.165, 1.54) is 78.8 Å². The van der Waals surface area contributed by atoms with E-state index in [2.05, 4.69) is 403 Å². The molecule has 15 aromatic carbocycles. The summed E-state index contributed by atoms with van der Waals surface area (Å²) in [6.45, 7) is -0.210. The first kappa shape index (κ1) is 58.2. The van der Waals surface area contributed by atoms with E-state index in [4.69, 9.17) is 0 Å². The van der Waals surface area contributed by atoms with Gasteiger partial charge in [0.25, 0.3) is 6.71 Å². The molecule has 3 nitrogen and oxygen atoms in total. The van der Waals surface area contributed by atoms with Crippen molar-refractivity contribution in [1.29, 1.82) is 0 Å². The Balaban J connectivity index is 0.967. The molecule has 0 saturated carbocycles. The van der Waals surface area contributed by atoms with Crippen LogP contribution in [0.5, 0.6) is 0 Å². The fourth-order valence-electron chi connectivity index (χ4n) is 16.1. The maximum Gasteiger partial charge on any atom is 0.252 e. The predicted molar refractivity (Wildman–Crippen MR) is 417 cm³/mol. The average Bonchev–Trinajstić information content (AvgIpc) is 0.706. The number of fused-ring (bicyclic) bond motifs is 6. The van der Waals surface area contributed by atoms with Crippen molar-refractivity contribution in [2.45, 2.75) is 9.79 Å². The lowest BCUT2D eigenvalue weighted by Gasteiger charge is -2.46. The lowest BCUT2D eigenvalue weighted by Crippen LogP contribution is -2.75. The van der Waals surface area contributed by atoms with Gasteiger partial charge in [-0.25, -0.2) is 0 Å². The summed E-state index contributed by atoms with van der Waals surface area (Å²) in [7, 11) is -6.03. The Bertz CT molecular complexity index is 5140. The molecule has 3 aliphatic rings. The Kier molecular flexibility index (Phi) is 14.6. The van der Waals surface area contributed by atoms with E-state index < -0.39 is 16.1 Å². The van der Waals surface area contributed by atoms with Crippen molar-refractivity contribution in [3.63, 3.8) is 0 Å². The molecule has 15 aromatic rings. The molecule has 0 aromatic heterocycles. The molecule has 0 atom stereocenters. The number of rotatable bonds is 13. The van der Waals surface area contributed by atoms with E-state index in [1.807, 2.05) is 11.8 Å². The van der Waals surface area contributed by atoms with Gasteiger partial charge in [-0.15, -0.1) is 0 Å². The zero-order valence-electron chi connectivity index (χ0n) is 53.3. The van der Waals surface area contributed by atoms with Gasteiger partial charge in [-0.3, -0.25) is 0 Å². The maximum absolute atomic E-state index is 3.10. The summed E-state index contributed by atoms with van der Waals surface area (Å²) < 4.78 is 0. The van der Waals surface area contributed by atoms with Gasteiger partial charge in [0.1, 0.15) is 0 Å². The summed E-state index contributed by atoms with van der Waals surface area (Å²) in [6.07, 6.45) is 0. The van der Waals surface area contributed by atoms with E-state index >= 15 is 0 Å². The fourth-order valence-corrected chi connectivity index (χ4v) is 26.7. The van der Waals surface area contributed by atoms with Crippen molar-refractivity contribution in [2.75, 3.05) is 14.7 Å². The molecular formula is C90H64BN3SSi2. The average molecular weight is 1290 g/mol. The van der Waals surface area contributed by atoms with Crippen LogP contribution in [0.1, 0.15) is 0 Å². The maximum atomic E-state index is 2.66. The van der Waals surface area contributed by atoms with Gasteiger partial charge in [-0.1, -0.05) is 327 Å². The molecule has 3 aliphatic heterocycles. The van der Waals surface area contributed by atoms with E-state index in [1.54, 1.807) is 0 Å². The zero-order valence-corrected chi connectivity index (χ0v) is 56.1. The van der Waals surface area contributed by atoms with E-state index in [-0.39, 0.29) is 6.71 Å². The molecule has 0 amide bonds. The van der Waals surface area contributed by atoms with Gasteiger partial charge < -0.3 is 14.7 Å². The largest absolute Gasteiger partial charge is 0.311 e. The SMILES string of the molecule is c1ccc(-c2cccc(N3c4cc(-c5ccccc5)ccc4B4c5cc([Si](c6ccccc6)(c6ccccc6)c6ccccc6)ccc5N(c5ccc([Si](c6ccccc6)(c6ccccc6)c6ccccc6)cc5)c5cc(N6c7ccccc7Sc7ccccc76)cc3c54)c2)cc1. The molecule has 0 saturated heterocycles. The number of para-hydroxylation sites is 2. The predicted octanol–water partition coefficient (Wildman–Crippen LogP) is 15.8. The fraction of sp³-hybridized carbons (Fsp3) is 0. The Morgan fingerprint density at radius 1 is 0.206 bits per heavy atom. The molecule has 0 N–H and O–H groups in total. The van der Waals surface area contributed by atoms with E-state index in [9.17, 15) is 0 Å². The Morgan fingerprint density at radius 2 is 0.577 bits per heavy atom. The highest BCUT2D eigenvalue weighted by Gasteiger charge is 2.48. The normalized spacial score (nSPS) is 12.8. The van der Waals surface area contributed by atoms with Crippen molar-refractivity contribution in [3.8, 4) is 22.3 Å². The molecule has 0 fully saturated rings. The quantitative estimate of drug-likeness (QED) is 0.0840. The van der Waals surface area contributed by atoms with Gasteiger partial charge in [0.2, 0.25) is 0 Å². The number of hydrogen-bond acceptors (Lipinski definition) is 4. The molecule has 97 heavy (non-hydrogen) atoms. The molecule has 18 rings (SSSR count). The van der Waals surface area contributed by atoms with Crippen LogP contribution in [-0.2, 0) is 0 Å². The third-order valence-corrected chi connectivity index (χ3v) is 31.0. The summed E-state index contributed by atoms with van der Waals surface area (Å²) in [5.74, 6) is 0. The van der Waals surface area contributed by atoms with Gasteiger partial charge in [-0.05, 0) is 153 Å². The Hall–Kier alpha value is -11.5. The number of anilines is 9. The third-order valence-electron chi connectivity index (χ3n) is 20.3. The van der Waals surface area contributed by atoms with Crippen molar-refractivity contribution in [3.05, 3.63) is 388 Å². The summed E-state index contributed by atoms with van der Waals surface area (Å²) in [4.78, 5) is 10.2. The minimum Gasteiger partial charge on any atom is -0.311 e. The number of nitrogens with zero attached hydrogens (tertiary/aromatic N) is 3. The summed E-state index contributed by atoms with van der Waals surface area (Å²) in [6, 6.07) is 147. The van der Waals surface area contributed by atoms with Gasteiger partial charge >= 0.3 is 0 Å². The highest BCUT2D eigenvalue weighted by atomic mass is 32.2. The monoisotopic (exact) mass is 1290 g/mol. The minimum absolute atomic E-state index is 0.210. The smallest absolute Gasteiger partial charge is 0.252 e. The van der Waals surface area contributed by atoms with Crippen molar-refractivity contribution >= 4 is 144 Å². The molecule has 7 heteroatoms. The van der Waals surface area contributed by atoms with Crippen LogP contribution in [0.3, 0.4) is 0 Å². The van der Waals surface area contributed by atoms with Crippen molar-refractivity contribution in [1.82, 2.24) is 0 Å². The molecule has 0 radical (unpaired) electrons. The molecule has 3 heterocycles. The van der Waals surface area contributed by atoms with Gasteiger partial charge in [0.05, 0.1) is 17.1 Å². The van der Waals surface area contributed by atoms with Crippen LogP contribution in [0.25, 0.3) is 22.3 Å². The molecule has 456 valence electrons. The zero-order chi connectivity index (χ0) is 64.3. The molecule has 0 bridgehead atoms. The Morgan fingerprint density at radius 3 is 1.05 bits per heavy atom. The van der Waals surface area contributed by atoms with Crippen LogP contribution in [0, 0.1) is 0 Å². The van der Waals surface area contributed by atoms with Crippen LogP contribution in [0.2, 0.25) is 0 Å². The first-order valence-corrected chi connectivity index (χ1v) is 38.3. The summed E-state index contributed by atoms with van der Waals surface area (Å²) in [5.41, 5.74) is 18.6. The first-order chi connectivity index (χ1) is 48.1. The van der Waals surface area contributed by atoms with Crippen molar-refractivity contribution < 1.29 is 0 Å². The van der Waals surface area contributed by atoms with Crippen LogP contribution in [-0.4, -0.2) is 22.9 Å². The van der Waals surface area contributed by atoms with E-state index in [0.717, 1.165) is 62.3 Å².